The van der Waals surface area contributed by atoms with E-state index in [1.54, 1.807) is 0 Å². The third-order valence-electron chi connectivity index (χ3n) is 8.18. The summed E-state index contributed by atoms with van der Waals surface area (Å²) >= 11 is 0. The second-order valence-corrected chi connectivity index (χ2v) is 8.97. The second kappa shape index (κ2) is 5.03. The number of nitrogens with zero attached hydrogens (tertiary/aromatic N) is 3. The van der Waals surface area contributed by atoms with E-state index in [4.69, 9.17) is 5.53 Å². The molecule has 3 nitrogen and oxygen atoms in total. The van der Waals surface area contributed by atoms with Crippen LogP contribution in [0.1, 0.15) is 65.2 Å². The van der Waals surface area contributed by atoms with Gasteiger partial charge in [0.25, 0.3) is 0 Å². The first-order chi connectivity index (χ1) is 10.6. The minimum absolute atomic E-state index is 0.265. The van der Waals surface area contributed by atoms with E-state index in [9.17, 15) is 0 Å². The maximum absolute atomic E-state index is 8.75. The van der Waals surface area contributed by atoms with E-state index < -0.39 is 0 Å². The molecular formula is C19H29N3. The molecule has 4 aliphatic rings. The Kier molecular flexibility index (Phi) is 3.34. The Morgan fingerprint density at radius 3 is 2.77 bits per heavy atom. The maximum Gasteiger partial charge on any atom is 0.0377 e. The van der Waals surface area contributed by atoms with E-state index in [1.165, 1.54) is 38.5 Å². The first kappa shape index (κ1) is 14.6. The van der Waals surface area contributed by atoms with Gasteiger partial charge in [0.2, 0.25) is 0 Å². The quantitative estimate of drug-likeness (QED) is 0.251. The monoisotopic (exact) mass is 299 g/mol. The van der Waals surface area contributed by atoms with Gasteiger partial charge in [0.05, 0.1) is 0 Å². The van der Waals surface area contributed by atoms with Crippen molar-refractivity contribution in [2.75, 3.05) is 0 Å². The number of azide groups is 1. The highest BCUT2D eigenvalue weighted by atomic mass is 15.1. The molecule has 0 amide bonds. The lowest BCUT2D eigenvalue weighted by Gasteiger charge is -2.60. The molecule has 0 aromatic carbocycles. The molecule has 3 saturated carbocycles. The summed E-state index contributed by atoms with van der Waals surface area (Å²) in [6.07, 6.45) is 15.4. The predicted molar refractivity (Wildman–Crippen MR) is 89.2 cm³/mol. The van der Waals surface area contributed by atoms with Gasteiger partial charge in [0.1, 0.15) is 0 Å². The van der Waals surface area contributed by atoms with Crippen LogP contribution in [0.25, 0.3) is 10.4 Å². The van der Waals surface area contributed by atoms with Gasteiger partial charge in [-0.15, -0.1) is 0 Å². The van der Waals surface area contributed by atoms with Crippen molar-refractivity contribution in [3.05, 3.63) is 22.6 Å². The van der Waals surface area contributed by atoms with E-state index in [0.29, 0.717) is 10.8 Å². The molecule has 3 fully saturated rings. The molecule has 0 spiro atoms. The summed E-state index contributed by atoms with van der Waals surface area (Å²) in [7, 11) is 0. The van der Waals surface area contributed by atoms with Crippen molar-refractivity contribution in [1.82, 2.24) is 0 Å². The molecule has 4 rings (SSSR count). The lowest BCUT2D eigenvalue weighted by atomic mass is 9.45. The predicted octanol–water partition coefficient (Wildman–Crippen LogP) is 5.87. The normalized spacial score (nSPS) is 53.1. The van der Waals surface area contributed by atoms with E-state index in [-0.39, 0.29) is 6.04 Å². The standard InChI is InChI=1S/C19H29N3/c1-18-9-3-4-16(18)15-6-5-13-12-14(21-22-20)7-11-19(13,2)17(15)8-10-18/h3,9,13-17H,4-8,10-12H2,1-2H3/t13-,14+,15-,16+,17-,18-,19-/m0/s1. The van der Waals surface area contributed by atoms with Crippen LogP contribution in [0.5, 0.6) is 0 Å². The van der Waals surface area contributed by atoms with E-state index in [2.05, 4.69) is 36.0 Å². The summed E-state index contributed by atoms with van der Waals surface area (Å²) in [6, 6.07) is 0.265. The summed E-state index contributed by atoms with van der Waals surface area (Å²) in [4.78, 5) is 3.07. The molecule has 0 unspecified atom stereocenters. The van der Waals surface area contributed by atoms with E-state index in [0.717, 1.165) is 36.5 Å². The number of hydrogen-bond donors (Lipinski definition) is 0. The molecule has 120 valence electrons. The zero-order valence-corrected chi connectivity index (χ0v) is 14.0. The fraction of sp³-hybridized carbons (Fsp3) is 0.895. The van der Waals surface area contributed by atoms with Crippen LogP contribution in [0.2, 0.25) is 0 Å². The van der Waals surface area contributed by atoms with Crippen molar-refractivity contribution in [1.29, 1.82) is 0 Å². The van der Waals surface area contributed by atoms with Crippen molar-refractivity contribution in [3.63, 3.8) is 0 Å². The van der Waals surface area contributed by atoms with Gasteiger partial charge in [-0.05, 0) is 91.4 Å². The van der Waals surface area contributed by atoms with Crippen LogP contribution >= 0.6 is 0 Å². The lowest BCUT2D eigenvalue weighted by Crippen LogP contribution is -2.53. The van der Waals surface area contributed by atoms with E-state index in [1.807, 2.05) is 0 Å². The lowest BCUT2D eigenvalue weighted by molar-refractivity contribution is -0.0995. The molecule has 4 aliphatic carbocycles. The van der Waals surface area contributed by atoms with Gasteiger partial charge in [-0.1, -0.05) is 31.1 Å². The molecule has 0 bridgehead atoms. The Hall–Kier alpha value is -0.950. The molecule has 0 aromatic rings. The SMILES string of the molecule is C[C@]12CC[C@@H](N=[N+]=[N-])C[C@@H]1CC[C@H]1[C@H]3CC=C[C@@]3(C)CC[C@@H]12. The zero-order chi connectivity index (χ0) is 15.4. The zero-order valence-electron chi connectivity index (χ0n) is 14.0. The smallest absolute Gasteiger partial charge is 0.0377 e. The van der Waals surface area contributed by atoms with Gasteiger partial charge in [0, 0.05) is 11.0 Å². The van der Waals surface area contributed by atoms with Gasteiger partial charge >= 0.3 is 0 Å². The molecule has 3 heteroatoms. The highest BCUT2D eigenvalue weighted by molar-refractivity contribution is 5.16. The number of allylic oxidation sites excluding steroid dienone is 2. The number of rotatable bonds is 1. The molecule has 0 saturated heterocycles. The minimum Gasteiger partial charge on any atom is -0.0906 e. The van der Waals surface area contributed by atoms with Gasteiger partial charge in [-0.3, -0.25) is 0 Å². The van der Waals surface area contributed by atoms with Gasteiger partial charge < -0.3 is 0 Å². The van der Waals surface area contributed by atoms with Crippen molar-refractivity contribution in [2.24, 2.45) is 39.6 Å². The molecule has 0 aromatic heterocycles. The fourth-order valence-corrected chi connectivity index (χ4v) is 6.90. The average Bonchev–Trinajstić information content (AvgIpc) is 2.89. The van der Waals surface area contributed by atoms with Crippen LogP contribution in [0, 0.1) is 34.5 Å². The Morgan fingerprint density at radius 1 is 1.09 bits per heavy atom. The van der Waals surface area contributed by atoms with Crippen LogP contribution in [-0.2, 0) is 0 Å². The largest absolute Gasteiger partial charge is 0.0906 e. The third kappa shape index (κ3) is 1.98. The molecule has 0 heterocycles. The second-order valence-electron chi connectivity index (χ2n) is 8.97. The molecular weight excluding hydrogens is 270 g/mol. The van der Waals surface area contributed by atoms with Crippen LogP contribution in [0.4, 0.5) is 0 Å². The van der Waals surface area contributed by atoms with Crippen LogP contribution in [0.15, 0.2) is 17.3 Å². The summed E-state index contributed by atoms with van der Waals surface area (Å²) in [5, 5.41) is 4.04. The Balaban J connectivity index is 1.58. The first-order valence-corrected chi connectivity index (χ1v) is 9.29. The third-order valence-corrected chi connectivity index (χ3v) is 8.18. The summed E-state index contributed by atoms with van der Waals surface area (Å²) in [6.45, 7) is 5.08. The highest BCUT2D eigenvalue weighted by Gasteiger charge is 2.56. The van der Waals surface area contributed by atoms with Crippen LogP contribution < -0.4 is 0 Å². The highest BCUT2D eigenvalue weighted by Crippen LogP contribution is 2.65. The Morgan fingerprint density at radius 2 is 1.95 bits per heavy atom. The average molecular weight is 299 g/mol. The number of hydrogen-bond acceptors (Lipinski definition) is 1. The Bertz CT molecular complexity index is 535. The maximum atomic E-state index is 8.75. The Labute approximate surface area is 134 Å². The molecule has 0 radical (unpaired) electrons. The van der Waals surface area contributed by atoms with Gasteiger partial charge in [-0.2, -0.15) is 0 Å². The molecule has 7 atom stereocenters. The van der Waals surface area contributed by atoms with Gasteiger partial charge in [-0.25, -0.2) is 0 Å². The molecule has 0 N–H and O–H groups in total. The number of fused-ring (bicyclic) bond motifs is 5. The first-order valence-electron chi connectivity index (χ1n) is 9.29. The minimum atomic E-state index is 0.265. The summed E-state index contributed by atoms with van der Waals surface area (Å²) in [5.41, 5.74) is 9.75. The van der Waals surface area contributed by atoms with Gasteiger partial charge in [0.15, 0.2) is 0 Å². The van der Waals surface area contributed by atoms with Crippen molar-refractivity contribution in [2.45, 2.75) is 71.3 Å². The van der Waals surface area contributed by atoms with E-state index >= 15 is 0 Å². The summed E-state index contributed by atoms with van der Waals surface area (Å²) < 4.78 is 0. The molecule has 0 aliphatic heterocycles. The van der Waals surface area contributed by atoms with Crippen molar-refractivity contribution >= 4 is 0 Å². The molecule has 22 heavy (non-hydrogen) atoms. The fourth-order valence-electron chi connectivity index (χ4n) is 6.90. The van der Waals surface area contributed by atoms with Crippen molar-refractivity contribution < 1.29 is 0 Å². The van der Waals surface area contributed by atoms with Crippen molar-refractivity contribution in [3.8, 4) is 0 Å². The van der Waals surface area contributed by atoms with Crippen LogP contribution in [0.3, 0.4) is 0 Å². The van der Waals surface area contributed by atoms with Crippen LogP contribution in [-0.4, -0.2) is 6.04 Å². The topological polar surface area (TPSA) is 48.8 Å². The summed E-state index contributed by atoms with van der Waals surface area (Å²) in [5.74, 6) is 3.54.